The van der Waals surface area contributed by atoms with E-state index in [2.05, 4.69) is 88.4 Å². The normalized spacial score (nSPS) is 13.7. The fourth-order valence-corrected chi connectivity index (χ4v) is 4.40. The minimum atomic E-state index is -0.119. The molecular weight excluding hydrogens is 528 g/mol. The van der Waals surface area contributed by atoms with Gasteiger partial charge in [-0.2, -0.15) is 0 Å². The van der Waals surface area contributed by atoms with Crippen molar-refractivity contribution in [2.24, 2.45) is 20.0 Å². The number of hydrogen-bond acceptors (Lipinski definition) is 5. The highest BCUT2D eigenvalue weighted by Crippen LogP contribution is 2.36. The van der Waals surface area contributed by atoms with E-state index in [0.717, 1.165) is 46.7 Å². The maximum atomic E-state index is 11.3. The van der Waals surface area contributed by atoms with Crippen LogP contribution in [0, 0.1) is 0 Å². The molecule has 0 aromatic heterocycles. The second-order valence-electron chi connectivity index (χ2n) is 12.2. The topological polar surface area (TPSA) is 69.7 Å². The van der Waals surface area contributed by atoms with Gasteiger partial charge in [0.15, 0.2) is 0 Å². The van der Waals surface area contributed by atoms with Gasteiger partial charge in [-0.15, -0.1) is 0 Å². The molecular formula is C38H50N4O. The first-order valence-corrected chi connectivity index (χ1v) is 15.0. The van der Waals surface area contributed by atoms with Crippen molar-refractivity contribution in [3.05, 3.63) is 102 Å². The quantitative estimate of drug-likeness (QED) is 0.236. The van der Waals surface area contributed by atoms with E-state index in [-0.39, 0.29) is 16.6 Å². The van der Waals surface area contributed by atoms with Gasteiger partial charge in [0.2, 0.25) is 0 Å². The number of benzene rings is 2. The Morgan fingerprint density at radius 3 is 2.09 bits per heavy atom. The third-order valence-corrected chi connectivity index (χ3v) is 7.64. The fraction of sp³-hybridized carbons (Fsp3) is 0.368. The van der Waals surface area contributed by atoms with E-state index in [1.54, 1.807) is 12.3 Å². The molecule has 228 valence electrons. The van der Waals surface area contributed by atoms with E-state index in [1.165, 1.54) is 11.8 Å². The van der Waals surface area contributed by atoms with Crippen molar-refractivity contribution in [3.8, 4) is 5.75 Å². The Balaban J connectivity index is 2.47. The summed E-state index contributed by atoms with van der Waals surface area (Å²) in [5, 5.41) is 11.3. The van der Waals surface area contributed by atoms with Crippen molar-refractivity contribution in [1.82, 2.24) is 0 Å². The molecule has 5 heteroatoms. The lowest BCUT2D eigenvalue weighted by Gasteiger charge is -2.25. The molecule has 0 spiro atoms. The summed E-state index contributed by atoms with van der Waals surface area (Å²) in [5.41, 5.74) is 8.23. The van der Waals surface area contributed by atoms with Crippen LogP contribution in [-0.4, -0.2) is 35.5 Å². The molecule has 2 aromatic carbocycles. The SMILES string of the molecule is C=CN=C(C=C)c1cc(C(=C)N=CCN=C(C)c2cc(C(C)(C)C)cc(/C(=C/C)N=CCC)c2O)cc(C(C)(C)CC)c1. The fourth-order valence-electron chi connectivity index (χ4n) is 4.40. The number of phenols is 1. The van der Waals surface area contributed by atoms with Crippen molar-refractivity contribution in [2.45, 2.75) is 86.0 Å². The van der Waals surface area contributed by atoms with E-state index in [9.17, 15) is 5.11 Å². The van der Waals surface area contributed by atoms with Gasteiger partial charge in [-0.3, -0.25) is 20.0 Å². The van der Waals surface area contributed by atoms with E-state index < -0.39 is 0 Å². The molecule has 0 aliphatic heterocycles. The summed E-state index contributed by atoms with van der Waals surface area (Å²) in [6.07, 6.45) is 10.6. The Bertz CT molecular complexity index is 1490. The molecule has 1 N–H and O–H groups in total. The molecule has 43 heavy (non-hydrogen) atoms. The Morgan fingerprint density at radius 2 is 1.53 bits per heavy atom. The average molecular weight is 579 g/mol. The molecule has 0 unspecified atom stereocenters. The van der Waals surface area contributed by atoms with E-state index in [4.69, 9.17) is 4.99 Å². The standard InChI is InChI=1S/C38H50N4O/c1-13-18-42-35(15-3)33-25-30(37(8,9)10)24-32(36(33)43)27(7)41-20-19-40-26(6)28-21-29(34(14-2)39-17-5)23-31(22-28)38(11,12)16-4/h14-15,17-19,21-25,43H,2,5-6,13,16,20H2,1,3-4,7-12H3/b35-15-,39-34?,40-19?,41-27?,42-18?. The van der Waals surface area contributed by atoms with Gasteiger partial charge in [0.05, 0.1) is 23.7 Å². The molecule has 0 radical (unpaired) electrons. The predicted molar refractivity (Wildman–Crippen MR) is 191 cm³/mol. The van der Waals surface area contributed by atoms with Crippen LogP contribution < -0.4 is 0 Å². The van der Waals surface area contributed by atoms with Crippen LogP contribution in [0.2, 0.25) is 0 Å². The van der Waals surface area contributed by atoms with Crippen molar-refractivity contribution in [2.75, 3.05) is 6.54 Å². The van der Waals surface area contributed by atoms with Gasteiger partial charge in [0.25, 0.3) is 0 Å². The zero-order valence-electron chi connectivity index (χ0n) is 27.8. The van der Waals surface area contributed by atoms with Crippen molar-refractivity contribution in [1.29, 1.82) is 0 Å². The molecule has 0 fully saturated rings. The number of hydrogen-bond donors (Lipinski definition) is 1. The molecule has 0 aliphatic rings. The first kappa shape index (κ1) is 35.1. The lowest BCUT2D eigenvalue weighted by molar-refractivity contribution is 0.471. The molecule has 0 bridgehead atoms. The van der Waals surface area contributed by atoms with Gasteiger partial charge in [-0.25, -0.2) is 0 Å². The third kappa shape index (κ3) is 9.18. The maximum absolute atomic E-state index is 11.3. The van der Waals surface area contributed by atoms with Crippen LogP contribution in [-0.2, 0) is 10.8 Å². The summed E-state index contributed by atoms with van der Waals surface area (Å²) in [6.45, 7) is 31.3. The number of aromatic hydroxyl groups is 1. The minimum Gasteiger partial charge on any atom is -0.507 e. The maximum Gasteiger partial charge on any atom is 0.134 e. The molecule has 0 saturated heterocycles. The van der Waals surface area contributed by atoms with Crippen LogP contribution in [0.1, 0.15) is 109 Å². The van der Waals surface area contributed by atoms with Crippen LogP contribution in [0.4, 0.5) is 0 Å². The highest BCUT2D eigenvalue weighted by Gasteiger charge is 2.22. The van der Waals surface area contributed by atoms with E-state index in [0.29, 0.717) is 23.4 Å². The van der Waals surface area contributed by atoms with Gasteiger partial charge >= 0.3 is 0 Å². The highest BCUT2D eigenvalue weighted by molar-refractivity contribution is 6.09. The van der Waals surface area contributed by atoms with Crippen molar-refractivity contribution < 1.29 is 5.11 Å². The second-order valence-corrected chi connectivity index (χ2v) is 12.2. The molecule has 5 nitrogen and oxygen atoms in total. The smallest absolute Gasteiger partial charge is 0.134 e. The number of aliphatic imine (C=N–C) groups is 4. The summed E-state index contributed by atoms with van der Waals surface area (Å²) < 4.78 is 0. The Morgan fingerprint density at radius 1 is 0.884 bits per heavy atom. The Hall–Kier alpha value is -4.12. The zero-order valence-corrected chi connectivity index (χ0v) is 27.8. The highest BCUT2D eigenvalue weighted by atomic mass is 16.3. The zero-order chi connectivity index (χ0) is 32.4. The van der Waals surface area contributed by atoms with Gasteiger partial charge in [0.1, 0.15) is 5.75 Å². The molecule has 0 heterocycles. The predicted octanol–water partition coefficient (Wildman–Crippen LogP) is 9.89. The third-order valence-electron chi connectivity index (χ3n) is 7.64. The van der Waals surface area contributed by atoms with Gasteiger partial charge < -0.3 is 5.11 Å². The van der Waals surface area contributed by atoms with Gasteiger partial charge in [-0.05, 0) is 85.1 Å². The van der Waals surface area contributed by atoms with E-state index in [1.807, 2.05) is 51.3 Å². The molecule has 2 aromatic rings. The number of phenolic OH excluding ortho intramolecular Hbond substituents is 1. The molecule has 2 rings (SSSR count). The minimum absolute atomic E-state index is 0.0340. The summed E-state index contributed by atoms with van der Waals surface area (Å²) in [7, 11) is 0. The summed E-state index contributed by atoms with van der Waals surface area (Å²) in [5.74, 6) is 0.180. The van der Waals surface area contributed by atoms with Gasteiger partial charge in [0, 0.05) is 46.6 Å². The average Bonchev–Trinajstić information content (AvgIpc) is 2.97. The molecule has 0 saturated carbocycles. The lowest BCUT2D eigenvalue weighted by Crippen LogP contribution is -2.16. The van der Waals surface area contributed by atoms with Crippen LogP contribution in [0.25, 0.3) is 11.4 Å². The molecule has 0 aliphatic carbocycles. The molecule has 0 amide bonds. The number of rotatable bonds is 13. The first-order valence-electron chi connectivity index (χ1n) is 15.0. The Kier molecular flexibility index (Phi) is 12.5. The number of allylic oxidation sites excluding steroid dienone is 2. The molecule has 0 atom stereocenters. The monoisotopic (exact) mass is 578 g/mol. The van der Waals surface area contributed by atoms with Crippen LogP contribution >= 0.6 is 0 Å². The summed E-state index contributed by atoms with van der Waals surface area (Å²) in [4.78, 5) is 18.4. The van der Waals surface area contributed by atoms with E-state index >= 15 is 0 Å². The summed E-state index contributed by atoms with van der Waals surface area (Å²) >= 11 is 0. The van der Waals surface area contributed by atoms with Crippen molar-refractivity contribution in [3.63, 3.8) is 0 Å². The van der Waals surface area contributed by atoms with Crippen LogP contribution in [0.5, 0.6) is 5.75 Å². The first-order chi connectivity index (χ1) is 20.2. The number of nitrogens with zero attached hydrogens (tertiary/aromatic N) is 4. The lowest BCUT2D eigenvalue weighted by atomic mass is 9.80. The van der Waals surface area contributed by atoms with Crippen molar-refractivity contribution >= 4 is 35.2 Å². The largest absolute Gasteiger partial charge is 0.507 e. The van der Waals surface area contributed by atoms with Crippen LogP contribution in [0.3, 0.4) is 0 Å². The second kappa shape index (κ2) is 15.4. The Labute approximate surface area is 260 Å². The van der Waals surface area contributed by atoms with Gasteiger partial charge in [-0.1, -0.05) is 74.3 Å². The summed E-state index contributed by atoms with van der Waals surface area (Å²) in [6, 6.07) is 10.4. The van der Waals surface area contributed by atoms with Crippen LogP contribution in [0.15, 0.2) is 88.4 Å².